The van der Waals surface area contributed by atoms with Crippen molar-refractivity contribution < 1.29 is 4.79 Å². The molecule has 9 heteroatoms. The minimum atomic E-state index is -0.122. The molecule has 0 bridgehead atoms. The summed E-state index contributed by atoms with van der Waals surface area (Å²) in [6, 6.07) is 11.9. The number of thioether (sulfide) groups is 1. The van der Waals surface area contributed by atoms with Crippen molar-refractivity contribution in [1.29, 1.82) is 0 Å². The lowest BCUT2D eigenvalue weighted by Gasteiger charge is -2.13. The molecular weight excluding hydrogens is 422 g/mol. The number of aryl methyl sites for hydroxylation is 4. The van der Waals surface area contributed by atoms with Gasteiger partial charge in [0.2, 0.25) is 5.91 Å². The molecule has 164 valence electrons. The fourth-order valence-electron chi connectivity index (χ4n) is 3.56. The summed E-state index contributed by atoms with van der Waals surface area (Å²) in [5, 5.41) is 16.8. The maximum Gasteiger partial charge on any atom is 0.234 e. The van der Waals surface area contributed by atoms with Crippen molar-refractivity contribution >= 4 is 23.4 Å². The monoisotopic (exact) mass is 447 g/mol. The Hall–Kier alpha value is -3.46. The summed E-state index contributed by atoms with van der Waals surface area (Å²) in [6.45, 7) is 7.93. The van der Waals surface area contributed by atoms with Crippen molar-refractivity contribution in [3.8, 4) is 17.2 Å². The molecule has 32 heavy (non-hydrogen) atoms. The van der Waals surface area contributed by atoms with Gasteiger partial charge in [0.25, 0.3) is 0 Å². The van der Waals surface area contributed by atoms with E-state index in [2.05, 4.69) is 51.6 Å². The average molecular weight is 448 g/mol. The summed E-state index contributed by atoms with van der Waals surface area (Å²) < 4.78 is 3.73. The highest BCUT2D eigenvalue weighted by Gasteiger charge is 2.20. The number of pyridine rings is 1. The minimum Gasteiger partial charge on any atom is -0.322 e. The van der Waals surface area contributed by atoms with E-state index in [9.17, 15) is 4.79 Å². The van der Waals surface area contributed by atoms with Gasteiger partial charge in [-0.25, -0.2) is 0 Å². The molecule has 3 heterocycles. The van der Waals surface area contributed by atoms with E-state index in [0.29, 0.717) is 11.0 Å². The number of hydrogen-bond donors (Lipinski definition) is 1. The second kappa shape index (κ2) is 8.96. The number of carbonyl (C=O) groups is 1. The molecule has 0 aliphatic carbocycles. The number of rotatable bonds is 6. The summed E-state index contributed by atoms with van der Waals surface area (Å²) >= 11 is 1.34. The van der Waals surface area contributed by atoms with Gasteiger partial charge in [-0.05, 0) is 51.5 Å². The van der Waals surface area contributed by atoms with Gasteiger partial charge in [-0.3, -0.25) is 19.0 Å². The number of nitrogens with one attached hydrogen (secondary N) is 1. The largest absolute Gasteiger partial charge is 0.322 e. The molecule has 0 fully saturated rings. The molecule has 1 amide bonds. The first kappa shape index (κ1) is 21.8. The Kier molecular flexibility index (Phi) is 6.09. The Balaban J connectivity index is 1.64. The van der Waals surface area contributed by atoms with Crippen molar-refractivity contribution in [3.05, 3.63) is 65.1 Å². The van der Waals surface area contributed by atoms with Crippen LogP contribution in [0.2, 0.25) is 0 Å². The van der Waals surface area contributed by atoms with E-state index in [4.69, 9.17) is 0 Å². The van der Waals surface area contributed by atoms with Gasteiger partial charge in [-0.2, -0.15) is 5.10 Å². The van der Waals surface area contributed by atoms with Crippen LogP contribution in [0.15, 0.2) is 47.8 Å². The summed E-state index contributed by atoms with van der Waals surface area (Å²) in [5.74, 6) is 0.710. The van der Waals surface area contributed by atoms with Crippen LogP contribution in [-0.4, -0.2) is 41.2 Å². The molecule has 0 aliphatic rings. The van der Waals surface area contributed by atoms with Gasteiger partial charge in [0, 0.05) is 13.2 Å². The standard InChI is InChI=1S/C23H25N7OS/c1-14-9-10-19(15(2)12-14)30-22(18-8-6-7-11-24-18)26-27-23(30)32-13-20(31)25-21-16(3)28-29(5)17(21)4/h6-12H,13H2,1-5H3,(H,25,31). The number of hydrogen-bond acceptors (Lipinski definition) is 6. The summed E-state index contributed by atoms with van der Waals surface area (Å²) in [7, 11) is 1.86. The zero-order valence-corrected chi connectivity index (χ0v) is 19.6. The number of nitrogens with zero attached hydrogens (tertiary/aromatic N) is 6. The van der Waals surface area contributed by atoms with Crippen molar-refractivity contribution in [2.24, 2.45) is 7.05 Å². The lowest BCUT2D eigenvalue weighted by atomic mass is 10.1. The highest BCUT2D eigenvalue weighted by atomic mass is 32.2. The molecule has 0 atom stereocenters. The number of carbonyl (C=O) groups excluding carboxylic acids is 1. The van der Waals surface area contributed by atoms with E-state index in [1.54, 1.807) is 10.9 Å². The molecule has 0 aliphatic heterocycles. The Bertz CT molecular complexity index is 1280. The van der Waals surface area contributed by atoms with Gasteiger partial charge in [-0.1, -0.05) is 35.5 Å². The molecule has 3 aromatic heterocycles. The van der Waals surface area contributed by atoms with E-state index in [0.717, 1.165) is 34.0 Å². The third-order valence-electron chi connectivity index (χ3n) is 5.23. The van der Waals surface area contributed by atoms with Gasteiger partial charge in [0.1, 0.15) is 5.69 Å². The maximum absolute atomic E-state index is 12.7. The lowest BCUT2D eigenvalue weighted by Crippen LogP contribution is -2.16. The summed E-state index contributed by atoms with van der Waals surface area (Å²) in [6.07, 6.45) is 1.73. The molecule has 0 spiro atoms. The number of anilines is 1. The van der Waals surface area contributed by atoms with Gasteiger partial charge in [-0.15, -0.1) is 10.2 Å². The zero-order chi connectivity index (χ0) is 22.8. The van der Waals surface area contributed by atoms with Crippen molar-refractivity contribution in [2.75, 3.05) is 11.1 Å². The molecule has 4 rings (SSSR count). The fourth-order valence-corrected chi connectivity index (χ4v) is 4.30. The van der Waals surface area contributed by atoms with Crippen LogP contribution in [0.1, 0.15) is 22.5 Å². The molecule has 4 aromatic rings. The fraction of sp³-hybridized carbons (Fsp3) is 0.261. The van der Waals surface area contributed by atoms with Crippen LogP contribution in [0.3, 0.4) is 0 Å². The Morgan fingerprint density at radius 1 is 1.09 bits per heavy atom. The SMILES string of the molecule is Cc1ccc(-n2c(SCC(=O)Nc3c(C)nn(C)c3C)nnc2-c2ccccn2)c(C)c1. The Morgan fingerprint density at radius 2 is 1.91 bits per heavy atom. The Labute approximate surface area is 191 Å². The van der Waals surface area contributed by atoms with Crippen molar-refractivity contribution in [1.82, 2.24) is 29.5 Å². The zero-order valence-electron chi connectivity index (χ0n) is 18.7. The van der Waals surface area contributed by atoms with Crippen LogP contribution in [0.4, 0.5) is 5.69 Å². The molecular formula is C23H25N7OS. The number of amides is 1. The van der Waals surface area contributed by atoms with Gasteiger partial charge < -0.3 is 5.32 Å². The van der Waals surface area contributed by atoms with E-state index in [1.165, 1.54) is 17.3 Å². The van der Waals surface area contributed by atoms with E-state index < -0.39 is 0 Å². The van der Waals surface area contributed by atoms with Gasteiger partial charge in [0.15, 0.2) is 11.0 Å². The van der Waals surface area contributed by atoms with Crippen LogP contribution >= 0.6 is 11.8 Å². The van der Waals surface area contributed by atoms with Gasteiger partial charge in [0.05, 0.1) is 28.5 Å². The van der Waals surface area contributed by atoms with Crippen LogP contribution < -0.4 is 5.32 Å². The number of aromatic nitrogens is 6. The average Bonchev–Trinajstić information content (AvgIpc) is 3.29. The molecule has 1 N–H and O–H groups in total. The molecule has 0 saturated carbocycles. The summed E-state index contributed by atoms with van der Waals surface area (Å²) in [5.41, 5.74) is 6.41. The molecule has 1 aromatic carbocycles. The predicted molar refractivity (Wildman–Crippen MR) is 126 cm³/mol. The molecule has 0 saturated heterocycles. The van der Waals surface area contributed by atoms with Crippen LogP contribution in [0.25, 0.3) is 17.2 Å². The minimum absolute atomic E-state index is 0.122. The normalized spacial score (nSPS) is 11.0. The molecule has 0 radical (unpaired) electrons. The highest BCUT2D eigenvalue weighted by molar-refractivity contribution is 7.99. The smallest absolute Gasteiger partial charge is 0.234 e. The molecule has 0 unspecified atom stereocenters. The van der Waals surface area contributed by atoms with Gasteiger partial charge >= 0.3 is 0 Å². The predicted octanol–water partition coefficient (Wildman–Crippen LogP) is 4.03. The third-order valence-corrected chi connectivity index (χ3v) is 6.16. The Morgan fingerprint density at radius 3 is 2.56 bits per heavy atom. The maximum atomic E-state index is 12.7. The first-order valence-electron chi connectivity index (χ1n) is 10.2. The highest BCUT2D eigenvalue weighted by Crippen LogP contribution is 2.29. The van der Waals surface area contributed by atoms with E-state index in [-0.39, 0.29) is 11.7 Å². The molecule has 8 nitrogen and oxygen atoms in total. The van der Waals surface area contributed by atoms with Crippen LogP contribution in [0.5, 0.6) is 0 Å². The van der Waals surface area contributed by atoms with Crippen molar-refractivity contribution in [3.63, 3.8) is 0 Å². The second-order valence-electron chi connectivity index (χ2n) is 7.65. The quantitative estimate of drug-likeness (QED) is 0.449. The van der Waals surface area contributed by atoms with E-state index >= 15 is 0 Å². The first-order valence-corrected chi connectivity index (χ1v) is 11.2. The van der Waals surface area contributed by atoms with E-state index in [1.807, 2.05) is 49.7 Å². The lowest BCUT2D eigenvalue weighted by molar-refractivity contribution is -0.113. The van der Waals surface area contributed by atoms with Crippen LogP contribution in [-0.2, 0) is 11.8 Å². The number of benzene rings is 1. The topological polar surface area (TPSA) is 90.5 Å². The third kappa shape index (κ3) is 4.29. The summed E-state index contributed by atoms with van der Waals surface area (Å²) in [4.78, 5) is 17.1. The van der Waals surface area contributed by atoms with Crippen molar-refractivity contribution in [2.45, 2.75) is 32.9 Å². The van der Waals surface area contributed by atoms with Crippen LogP contribution in [0, 0.1) is 27.7 Å². The second-order valence-corrected chi connectivity index (χ2v) is 8.60. The first-order chi connectivity index (χ1) is 15.3.